The van der Waals surface area contributed by atoms with Crippen LogP contribution in [0.3, 0.4) is 0 Å². The first kappa shape index (κ1) is 25.2. The third-order valence-electron chi connectivity index (χ3n) is 0.471. The Morgan fingerprint density at radius 3 is 0.941 bits per heavy atom. The van der Waals surface area contributed by atoms with E-state index in [-0.39, 0.29) is 0 Å². The van der Waals surface area contributed by atoms with Gasteiger partial charge < -0.3 is 15.3 Å². The summed E-state index contributed by atoms with van der Waals surface area (Å²) < 4.78 is 1.44. The predicted molar refractivity (Wildman–Crippen MR) is 66.7 cm³/mol. The summed E-state index contributed by atoms with van der Waals surface area (Å²) >= 11 is 1.43. The number of carboxylic acid groups (broad SMARTS) is 3. The molecule has 0 saturated carbocycles. The summed E-state index contributed by atoms with van der Waals surface area (Å²) in [5.41, 5.74) is 0. The summed E-state index contributed by atoms with van der Waals surface area (Å²) in [5, 5.41) is 22.2. The molecule has 7 heteroatoms. The van der Waals surface area contributed by atoms with Gasteiger partial charge in [-0.2, -0.15) is 0 Å². The third-order valence-corrected chi connectivity index (χ3v) is 3.16. The van der Waals surface area contributed by atoms with Crippen LogP contribution in [0.25, 0.3) is 0 Å². The van der Waals surface area contributed by atoms with Gasteiger partial charge in [-0.15, -0.1) is 0 Å². The van der Waals surface area contributed by atoms with Crippen molar-refractivity contribution in [2.75, 3.05) is 0 Å². The monoisotopic (exact) mass is 358 g/mol. The Bertz CT molecular complexity index is 162. The fraction of sp³-hybridized carbons (Fsp3) is 0.700. The van der Waals surface area contributed by atoms with E-state index < -0.39 is 17.9 Å². The average Bonchev–Trinajstić information content (AvgIpc) is 2.00. The first-order valence-electron chi connectivity index (χ1n) is 4.75. The molecule has 0 atom stereocenters. The zero-order valence-electron chi connectivity index (χ0n) is 10.9. The van der Waals surface area contributed by atoms with Crippen LogP contribution < -0.4 is 0 Å². The Morgan fingerprint density at radius 1 is 0.882 bits per heavy atom. The molecule has 0 aliphatic carbocycles. The second kappa shape index (κ2) is 20.6. The van der Waals surface area contributed by atoms with Gasteiger partial charge in [0.15, 0.2) is 0 Å². The Balaban J connectivity index is -0.0000000667. The Morgan fingerprint density at radius 2 is 0.941 bits per heavy atom. The summed E-state index contributed by atoms with van der Waals surface area (Å²) in [7, 11) is 0. The molecular weight excluding hydrogens is 335 g/mol. The van der Waals surface area contributed by atoms with E-state index in [4.69, 9.17) is 29.7 Å². The Kier molecular flexibility index (Phi) is 30.5. The molecule has 0 bridgehead atoms. The normalized spacial score (nSPS) is 7.24. The van der Waals surface area contributed by atoms with Gasteiger partial charge in [0.25, 0.3) is 17.9 Å². The van der Waals surface area contributed by atoms with Crippen LogP contribution in [0.2, 0.25) is 4.44 Å². The number of hydrogen-bond donors (Lipinski definition) is 3. The maximum atomic E-state index is 9.00. The molecule has 0 rings (SSSR count). The van der Waals surface area contributed by atoms with Crippen molar-refractivity contribution in [1.82, 2.24) is 0 Å². The molecule has 0 aliphatic heterocycles. The van der Waals surface area contributed by atoms with E-state index in [1.807, 2.05) is 0 Å². The predicted octanol–water partition coefficient (Wildman–Crippen LogP) is 1.23. The van der Waals surface area contributed by atoms with E-state index in [2.05, 4.69) is 13.8 Å². The van der Waals surface area contributed by atoms with Crippen molar-refractivity contribution in [3.05, 3.63) is 0 Å². The molecule has 0 heterocycles. The van der Waals surface area contributed by atoms with E-state index in [1.54, 1.807) is 0 Å². The number of aliphatic carboxylic acids is 3. The average molecular weight is 357 g/mol. The van der Waals surface area contributed by atoms with Crippen LogP contribution in [-0.4, -0.2) is 55.8 Å². The maximum absolute atomic E-state index is 9.00. The van der Waals surface area contributed by atoms with Crippen molar-refractivity contribution in [2.24, 2.45) is 5.92 Å². The van der Waals surface area contributed by atoms with Crippen molar-refractivity contribution in [3.8, 4) is 0 Å². The second-order valence-corrected chi connectivity index (χ2v) is 4.53. The van der Waals surface area contributed by atoms with Gasteiger partial charge in [0.1, 0.15) is 0 Å². The summed E-state index contributed by atoms with van der Waals surface area (Å²) in [5.74, 6) is -1.56. The molecular formula is C10H22O6Sn. The van der Waals surface area contributed by atoms with Gasteiger partial charge in [0, 0.05) is 20.8 Å². The van der Waals surface area contributed by atoms with Gasteiger partial charge in [-0.3, -0.25) is 14.4 Å². The fourth-order valence-corrected chi connectivity index (χ4v) is 0. The van der Waals surface area contributed by atoms with Gasteiger partial charge >= 0.3 is 46.7 Å². The number of carbonyl (C=O) groups is 3. The van der Waals surface area contributed by atoms with Crippen LogP contribution in [0.15, 0.2) is 0 Å². The zero-order chi connectivity index (χ0) is 15.0. The third kappa shape index (κ3) is 1820. The Hall–Kier alpha value is -0.791. The van der Waals surface area contributed by atoms with Crippen molar-refractivity contribution >= 4 is 40.4 Å². The summed E-state index contributed by atoms with van der Waals surface area (Å²) in [4.78, 5) is 27.0. The molecule has 0 aromatic heterocycles. The minimum atomic E-state index is -0.833. The van der Waals surface area contributed by atoms with E-state index in [0.29, 0.717) is 0 Å². The number of rotatable bonds is 1. The molecule has 0 fully saturated rings. The number of hydrogen-bond acceptors (Lipinski definition) is 3. The SMILES string of the molecule is CC(=O)O.CC(=O)O.CC(=O)O.CC(C)[CH2][SnH]. The molecule has 102 valence electrons. The van der Waals surface area contributed by atoms with Gasteiger partial charge in [-0.1, -0.05) is 0 Å². The summed E-state index contributed by atoms with van der Waals surface area (Å²) in [6.07, 6.45) is 0. The molecule has 0 aromatic rings. The quantitative estimate of drug-likeness (QED) is 0.609. The minimum absolute atomic E-state index is 0.833. The molecule has 0 saturated heterocycles. The molecule has 17 heavy (non-hydrogen) atoms. The first-order chi connectivity index (χ1) is 7.47. The first-order valence-corrected chi connectivity index (χ1v) is 7.08. The van der Waals surface area contributed by atoms with Crippen molar-refractivity contribution < 1.29 is 29.7 Å². The summed E-state index contributed by atoms with van der Waals surface area (Å²) in [6.45, 7) is 7.76. The van der Waals surface area contributed by atoms with Crippen LogP contribution in [-0.2, 0) is 14.4 Å². The summed E-state index contributed by atoms with van der Waals surface area (Å²) in [6, 6.07) is 0. The molecule has 0 amide bonds. The molecule has 2 radical (unpaired) electrons. The van der Waals surface area contributed by atoms with Gasteiger partial charge in [-0.05, 0) is 0 Å². The van der Waals surface area contributed by atoms with E-state index >= 15 is 0 Å². The second-order valence-electron chi connectivity index (χ2n) is 3.19. The van der Waals surface area contributed by atoms with Crippen molar-refractivity contribution in [2.45, 2.75) is 39.1 Å². The zero-order valence-corrected chi connectivity index (χ0v) is 14.2. The molecule has 0 aromatic carbocycles. The van der Waals surface area contributed by atoms with Crippen LogP contribution in [0.1, 0.15) is 34.6 Å². The van der Waals surface area contributed by atoms with Gasteiger partial charge in [0.2, 0.25) is 0 Å². The standard InChI is InChI=1S/C4H9.3C2H4O2.Sn.H/c1-4(2)3;3*1-2(3)4;;/h4H,1H2,2-3H3;3*1H3,(H,3,4);;. The topological polar surface area (TPSA) is 112 Å². The van der Waals surface area contributed by atoms with E-state index in [0.717, 1.165) is 26.7 Å². The van der Waals surface area contributed by atoms with Crippen LogP contribution in [0.5, 0.6) is 0 Å². The van der Waals surface area contributed by atoms with Crippen molar-refractivity contribution in [1.29, 1.82) is 0 Å². The molecule has 0 aliphatic rings. The number of carboxylic acids is 3. The van der Waals surface area contributed by atoms with Gasteiger partial charge in [-0.25, -0.2) is 0 Å². The van der Waals surface area contributed by atoms with E-state index in [1.165, 1.54) is 27.0 Å². The van der Waals surface area contributed by atoms with Crippen LogP contribution in [0, 0.1) is 5.92 Å². The molecule has 0 unspecified atom stereocenters. The molecule has 3 N–H and O–H groups in total. The van der Waals surface area contributed by atoms with Gasteiger partial charge in [0.05, 0.1) is 0 Å². The van der Waals surface area contributed by atoms with Crippen LogP contribution >= 0.6 is 0 Å². The Labute approximate surface area is 115 Å². The van der Waals surface area contributed by atoms with E-state index in [9.17, 15) is 0 Å². The van der Waals surface area contributed by atoms with Crippen molar-refractivity contribution in [3.63, 3.8) is 0 Å². The molecule has 6 nitrogen and oxygen atoms in total. The fourth-order valence-electron chi connectivity index (χ4n) is 0. The van der Waals surface area contributed by atoms with Crippen LogP contribution in [0.4, 0.5) is 0 Å². The molecule has 0 spiro atoms.